The monoisotopic (exact) mass is 302 g/mol. The van der Waals surface area contributed by atoms with Crippen molar-refractivity contribution < 1.29 is 4.74 Å². The van der Waals surface area contributed by atoms with Crippen molar-refractivity contribution in [1.82, 2.24) is 10.3 Å². The quantitative estimate of drug-likeness (QED) is 0.917. The number of aromatic nitrogens is 1. The van der Waals surface area contributed by atoms with E-state index >= 15 is 0 Å². The SMILES string of the molecule is COc1cccc2ccc(CNCC3CCSCC3)nc12. The zero-order valence-corrected chi connectivity index (χ0v) is 13.3. The number of fused-ring (bicyclic) bond motifs is 1. The molecule has 0 aliphatic carbocycles. The van der Waals surface area contributed by atoms with E-state index in [-0.39, 0.29) is 0 Å². The second-order valence-electron chi connectivity index (χ2n) is 5.52. The summed E-state index contributed by atoms with van der Waals surface area (Å²) in [5, 5.41) is 4.69. The first kappa shape index (κ1) is 14.7. The molecule has 1 aliphatic heterocycles. The Balaban J connectivity index is 1.64. The molecule has 1 aromatic heterocycles. The van der Waals surface area contributed by atoms with Crippen molar-refractivity contribution in [3.63, 3.8) is 0 Å². The summed E-state index contributed by atoms with van der Waals surface area (Å²) in [6.45, 7) is 1.93. The lowest BCUT2D eigenvalue weighted by Gasteiger charge is -2.21. The van der Waals surface area contributed by atoms with Gasteiger partial charge in [-0.3, -0.25) is 0 Å². The van der Waals surface area contributed by atoms with Crippen LogP contribution in [0.15, 0.2) is 30.3 Å². The average molecular weight is 302 g/mol. The number of hydrogen-bond acceptors (Lipinski definition) is 4. The summed E-state index contributed by atoms with van der Waals surface area (Å²) in [6.07, 6.45) is 2.69. The Morgan fingerprint density at radius 2 is 2.10 bits per heavy atom. The van der Waals surface area contributed by atoms with Gasteiger partial charge in [-0.05, 0) is 48.9 Å². The topological polar surface area (TPSA) is 34.1 Å². The molecular weight excluding hydrogens is 280 g/mol. The van der Waals surface area contributed by atoms with Crippen molar-refractivity contribution in [3.05, 3.63) is 36.0 Å². The molecule has 21 heavy (non-hydrogen) atoms. The molecule has 3 rings (SSSR count). The summed E-state index contributed by atoms with van der Waals surface area (Å²) in [5.41, 5.74) is 2.03. The van der Waals surface area contributed by atoms with Crippen molar-refractivity contribution in [2.75, 3.05) is 25.2 Å². The number of ether oxygens (including phenoxy) is 1. The molecule has 0 amide bonds. The zero-order valence-electron chi connectivity index (χ0n) is 12.5. The van der Waals surface area contributed by atoms with Gasteiger partial charge in [-0.25, -0.2) is 4.98 Å². The van der Waals surface area contributed by atoms with Crippen LogP contribution in [0.1, 0.15) is 18.5 Å². The Labute approximate surface area is 130 Å². The first-order valence-corrected chi connectivity index (χ1v) is 8.73. The standard InChI is InChI=1S/C17H22N2OS/c1-20-16-4-2-3-14-5-6-15(19-17(14)16)12-18-11-13-7-9-21-10-8-13/h2-6,13,18H,7-12H2,1H3. The predicted molar refractivity (Wildman–Crippen MR) is 90.1 cm³/mol. The van der Waals surface area contributed by atoms with E-state index in [0.29, 0.717) is 0 Å². The minimum atomic E-state index is 0.831. The molecule has 3 nitrogen and oxygen atoms in total. The maximum Gasteiger partial charge on any atom is 0.145 e. The lowest BCUT2D eigenvalue weighted by molar-refractivity contribution is 0.418. The molecule has 1 saturated heterocycles. The van der Waals surface area contributed by atoms with Gasteiger partial charge in [0.05, 0.1) is 12.8 Å². The number of nitrogens with one attached hydrogen (secondary N) is 1. The van der Waals surface area contributed by atoms with E-state index in [1.165, 1.54) is 24.3 Å². The fourth-order valence-electron chi connectivity index (χ4n) is 2.78. The minimum absolute atomic E-state index is 0.831. The normalized spacial score (nSPS) is 16.2. The predicted octanol–water partition coefficient (Wildman–Crippen LogP) is 3.48. The van der Waals surface area contributed by atoms with Gasteiger partial charge in [0.2, 0.25) is 0 Å². The first-order valence-electron chi connectivity index (χ1n) is 7.58. The van der Waals surface area contributed by atoms with Gasteiger partial charge in [-0.1, -0.05) is 18.2 Å². The van der Waals surface area contributed by atoms with Crippen molar-refractivity contribution in [1.29, 1.82) is 0 Å². The maximum atomic E-state index is 5.40. The number of para-hydroxylation sites is 1. The third kappa shape index (κ3) is 3.69. The lowest BCUT2D eigenvalue weighted by atomic mass is 10.0. The molecule has 1 N–H and O–H groups in total. The van der Waals surface area contributed by atoms with Crippen LogP contribution in [0.2, 0.25) is 0 Å². The second kappa shape index (κ2) is 7.14. The van der Waals surface area contributed by atoms with Crippen LogP contribution in [0.4, 0.5) is 0 Å². The Hall–Kier alpha value is -1.26. The molecule has 1 fully saturated rings. The molecule has 2 aromatic rings. The van der Waals surface area contributed by atoms with Crippen molar-refractivity contribution in [2.45, 2.75) is 19.4 Å². The van der Waals surface area contributed by atoms with E-state index < -0.39 is 0 Å². The maximum absolute atomic E-state index is 5.40. The van der Waals surface area contributed by atoms with Crippen LogP contribution in [-0.2, 0) is 6.54 Å². The fraction of sp³-hybridized carbons (Fsp3) is 0.471. The van der Waals surface area contributed by atoms with Crippen LogP contribution >= 0.6 is 11.8 Å². The van der Waals surface area contributed by atoms with E-state index in [4.69, 9.17) is 9.72 Å². The molecule has 112 valence electrons. The highest BCUT2D eigenvalue weighted by atomic mass is 32.2. The molecule has 0 atom stereocenters. The molecule has 1 aliphatic rings. The number of benzene rings is 1. The van der Waals surface area contributed by atoms with Gasteiger partial charge >= 0.3 is 0 Å². The molecule has 4 heteroatoms. The van der Waals surface area contributed by atoms with Gasteiger partial charge in [-0.15, -0.1) is 0 Å². The van der Waals surface area contributed by atoms with E-state index in [2.05, 4.69) is 35.3 Å². The van der Waals surface area contributed by atoms with Gasteiger partial charge in [-0.2, -0.15) is 11.8 Å². The molecule has 0 radical (unpaired) electrons. The third-order valence-corrected chi connectivity index (χ3v) is 5.09. The second-order valence-corrected chi connectivity index (χ2v) is 6.75. The number of thioether (sulfide) groups is 1. The molecule has 1 aromatic carbocycles. The molecular formula is C17H22N2OS. The van der Waals surface area contributed by atoms with Gasteiger partial charge in [0.1, 0.15) is 11.3 Å². The van der Waals surface area contributed by atoms with Crippen LogP contribution in [0.25, 0.3) is 10.9 Å². The Bertz CT molecular complexity index is 596. The summed E-state index contributed by atoms with van der Waals surface area (Å²) in [6, 6.07) is 10.3. The largest absolute Gasteiger partial charge is 0.494 e. The summed E-state index contributed by atoms with van der Waals surface area (Å²) in [5.74, 6) is 4.31. The molecule has 0 bridgehead atoms. The van der Waals surface area contributed by atoms with Gasteiger partial charge in [0.25, 0.3) is 0 Å². The summed E-state index contributed by atoms with van der Waals surface area (Å²) < 4.78 is 5.40. The van der Waals surface area contributed by atoms with E-state index in [1.807, 2.05) is 12.1 Å². The Morgan fingerprint density at radius 3 is 2.90 bits per heavy atom. The average Bonchev–Trinajstić information content (AvgIpc) is 2.55. The zero-order chi connectivity index (χ0) is 14.5. The van der Waals surface area contributed by atoms with Gasteiger partial charge in [0, 0.05) is 11.9 Å². The van der Waals surface area contributed by atoms with E-state index in [0.717, 1.165) is 41.4 Å². The highest BCUT2D eigenvalue weighted by Gasteiger charge is 2.13. The number of rotatable bonds is 5. The van der Waals surface area contributed by atoms with E-state index in [1.54, 1.807) is 7.11 Å². The number of hydrogen-bond donors (Lipinski definition) is 1. The number of methoxy groups -OCH3 is 1. The van der Waals surface area contributed by atoms with Gasteiger partial charge < -0.3 is 10.1 Å². The smallest absolute Gasteiger partial charge is 0.145 e. The Kier molecular flexibility index (Phi) is 4.99. The molecule has 0 unspecified atom stereocenters. The fourth-order valence-corrected chi connectivity index (χ4v) is 3.98. The third-order valence-electron chi connectivity index (χ3n) is 4.04. The van der Waals surface area contributed by atoms with E-state index in [9.17, 15) is 0 Å². The van der Waals surface area contributed by atoms with Crippen LogP contribution < -0.4 is 10.1 Å². The highest BCUT2D eigenvalue weighted by Crippen LogP contribution is 2.24. The van der Waals surface area contributed by atoms with Crippen molar-refractivity contribution in [3.8, 4) is 5.75 Å². The molecule has 0 saturated carbocycles. The summed E-state index contributed by atoms with van der Waals surface area (Å²) >= 11 is 2.08. The highest BCUT2D eigenvalue weighted by molar-refractivity contribution is 7.99. The molecule has 2 heterocycles. The van der Waals surface area contributed by atoms with Crippen LogP contribution in [0.3, 0.4) is 0 Å². The van der Waals surface area contributed by atoms with Crippen molar-refractivity contribution >= 4 is 22.7 Å². The minimum Gasteiger partial charge on any atom is -0.494 e. The van der Waals surface area contributed by atoms with Crippen LogP contribution in [0.5, 0.6) is 5.75 Å². The Morgan fingerprint density at radius 1 is 1.24 bits per heavy atom. The van der Waals surface area contributed by atoms with Crippen LogP contribution in [-0.4, -0.2) is 30.1 Å². The number of nitrogens with zero attached hydrogens (tertiary/aromatic N) is 1. The first-order chi connectivity index (χ1) is 10.4. The van der Waals surface area contributed by atoms with Crippen molar-refractivity contribution in [2.24, 2.45) is 5.92 Å². The number of pyridine rings is 1. The molecule has 0 spiro atoms. The van der Waals surface area contributed by atoms with Crippen LogP contribution in [0, 0.1) is 5.92 Å². The summed E-state index contributed by atoms with van der Waals surface area (Å²) in [4.78, 5) is 4.74. The lowest BCUT2D eigenvalue weighted by Crippen LogP contribution is -2.25. The summed E-state index contributed by atoms with van der Waals surface area (Å²) in [7, 11) is 1.70. The van der Waals surface area contributed by atoms with Gasteiger partial charge in [0.15, 0.2) is 0 Å².